The Hall–Kier alpha value is -2.43. The number of benzene rings is 1. The monoisotopic (exact) mass is 298 g/mol. The van der Waals surface area contributed by atoms with Crippen LogP contribution in [0.3, 0.4) is 0 Å². The zero-order valence-electron chi connectivity index (χ0n) is 13.3. The quantitative estimate of drug-likeness (QED) is 0.860. The highest BCUT2D eigenvalue weighted by Gasteiger charge is 2.12. The Balaban J connectivity index is 2.08. The first-order chi connectivity index (χ1) is 10.6. The van der Waals surface area contributed by atoms with E-state index >= 15 is 0 Å². The minimum Gasteiger partial charge on any atom is -0.366 e. The molecule has 0 aliphatic carbocycles. The van der Waals surface area contributed by atoms with E-state index in [1.54, 1.807) is 13.0 Å². The van der Waals surface area contributed by atoms with Gasteiger partial charge in [-0.3, -0.25) is 4.79 Å². The standard InChI is InChI=1S/C17H22N4O/c1-4-12(2)19-17(22)15-10-16(21-13(3)20-15)18-11-14-8-6-5-7-9-14/h5-10,12H,4,11H2,1-3H3,(H,19,22)(H,18,20,21). The fourth-order valence-corrected chi connectivity index (χ4v) is 1.96. The van der Waals surface area contributed by atoms with Gasteiger partial charge in [-0.2, -0.15) is 0 Å². The number of nitrogens with zero attached hydrogens (tertiary/aromatic N) is 2. The summed E-state index contributed by atoms with van der Waals surface area (Å²) in [5.41, 5.74) is 1.55. The van der Waals surface area contributed by atoms with E-state index in [1.165, 1.54) is 0 Å². The Morgan fingerprint density at radius 3 is 2.64 bits per heavy atom. The molecule has 0 saturated carbocycles. The van der Waals surface area contributed by atoms with Crippen LogP contribution in [0.4, 0.5) is 5.82 Å². The van der Waals surface area contributed by atoms with Crippen molar-refractivity contribution >= 4 is 11.7 Å². The van der Waals surface area contributed by atoms with Crippen LogP contribution in [0.15, 0.2) is 36.4 Å². The summed E-state index contributed by atoms with van der Waals surface area (Å²) in [6.07, 6.45) is 0.884. The molecule has 116 valence electrons. The third-order valence-corrected chi connectivity index (χ3v) is 3.38. The van der Waals surface area contributed by atoms with Crippen LogP contribution >= 0.6 is 0 Å². The molecule has 0 radical (unpaired) electrons. The van der Waals surface area contributed by atoms with Crippen molar-refractivity contribution in [3.8, 4) is 0 Å². The maximum atomic E-state index is 12.2. The van der Waals surface area contributed by atoms with E-state index in [9.17, 15) is 4.79 Å². The third kappa shape index (κ3) is 4.55. The van der Waals surface area contributed by atoms with Crippen LogP contribution in [-0.2, 0) is 6.54 Å². The largest absolute Gasteiger partial charge is 0.366 e. The van der Waals surface area contributed by atoms with Crippen LogP contribution < -0.4 is 10.6 Å². The summed E-state index contributed by atoms with van der Waals surface area (Å²) in [6.45, 7) is 6.45. The van der Waals surface area contributed by atoms with E-state index in [1.807, 2.05) is 44.2 Å². The second-order valence-electron chi connectivity index (χ2n) is 5.31. The van der Waals surface area contributed by atoms with Gasteiger partial charge in [0.15, 0.2) is 0 Å². The van der Waals surface area contributed by atoms with Gasteiger partial charge < -0.3 is 10.6 Å². The predicted octanol–water partition coefficient (Wildman–Crippen LogP) is 2.93. The highest BCUT2D eigenvalue weighted by Crippen LogP contribution is 2.09. The average Bonchev–Trinajstić information content (AvgIpc) is 2.53. The van der Waals surface area contributed by atoms with Gasteiger partial charge in [0.05, 0.1) is 0 Å². The van der Waals surface area contributed by atoms with Crippen LogP contribution in [0.25, 0.3) is 0 Å². The van der Waals surface area contributed by atoms with Gasteiger partial charge in [-0.25, -0.2) is 9.97 Å². The fraction of sp³-hybridized carbons (Fsp3) is 0.353. The SMILES string of the molecule is CCC(C)NC(=O)c1cc(NCc2ccccc2)nc(C)n1. The number of aromatic nitrogens is 2. The molecule has 1 atom stereocenters. The number of carbonyl (C=O) groups excluding carboxylic acids is 1. The maximum Gasteiger partial charge on any atom is 0.270 e. The molecule has 22 heavy (non-hydrogen) atoms. The molecule has 1 amide bonds. The van der Waals surface area contributed by atoms with Crippen molar-refractivity contribution in [3.63, 3.8) is 0 Å². The number of hydrogen-bond donors (Lipinski definition) is 2. The van der Waals surface area contributed by atoms with Gasteiger partial charge in [0.2, 0.25) is 0 Å². The molecule has 0 aliphatic rings. The summed E-state index contributed by atoms with van der Waals surface area (Å²) in [7, 11) is 0. The van der Waals surface area contributed by atoms with Crippen molar-refractivity contribution in [2.75, 3.05) is 5.32 Å². The Kier molecular flexibility index (Phi) is 5.47. The summed E-state index contributed by atoms with van der Waals surface area (Å²) < 4.78 is 0. The molecule has 2 rings (SSSR count). The van der Waals surface area contributed by atoms with Crippen LogP contribution in [0.5, 0.6) is 0 Å². The topological polar surface area (TPSA) is 66.9 Å². The number of rotatable bonds is 6. The number of anilines is 1. The normalized spacial score (nSPS) is 11.8. The van der Waals surface area contributed by atoms with Crippen LogP contribution in [-0.4, -0.2) is 21.9 Å². The van der Waals surface area contributed by atoms with Crippen molar-refractivity contribution in [3.05, 3.63) is 53.5 Å². The molecule has 2 aromatic rings. The second kappa shape index (κ2) is 7.54. The molecule has 2 N–H and O–H groups in total. The molecule has 0 spiro atoms. The minimum absolute atomic E-state index is 0.128. The van der Waals surface area contributed by atoms with Crippen LogP contribution in [0, 0.1) is 6.92 Å². The lowest BCUT2D eigenvalue weighted by Gasteiger charge is -2.12. The number of aryl methyl sites for hydroxylation is 1. The van der Waals surface area contributed by atoms with E-state index in [-0.39, 0.29) is 11.9 Å². The Labute approximate surface area is 131 Å². The molecule has 5 nitrogen and oxygen atoms in total. The van der Waals surface area contributed by atoms with E-state index in [0.717, 1.165) is 12.0 Å². The first kappa shape index (κ1) is 15.9. The summed E-state index contributed by atoms with van der Waals surface area (Å²) in [5, 5.41) is 6.15. The molecule has 0 bridgehead atoms. The van der Waals surface area contributed by atoms with Crippen molar-refractivity contribution in [2.45, 2.75) is 39.8 Å². The predicted molar refractivity (Wildman–Crippen MR) is 87.8 cm³/mol. The Bertz CT molecular complexity index is 628. The smallest absolute Gasteiger partial charge is 0.270 e. The molecule has 1 aromatic carbocycles. The van der Waals surface area contributed by atoms with Gasteiger partial charge in [-0.1, -0.05) is 37.3 Å². The van der Waals surface area contributed by atoms with Gasteiger partial charge in [0.25, 0.3) is 5.91 Å². The zero-order valence-corrected chi connectivity index (χ0v) is 13.3. The van der Waals surface area contributed by atoms with Gasteiger partial charge >= 0.3 is 0 Å². The molecule has 0 fully saturated rings. The Morgan fingerprint density at radius 2 is 1.95 bits per heavy atom. The summed E-state index contributed by atoms with van der Waals surface area (Å²) in [5.74, 6) is 1.07. The molecular weight excluding hydrogens is 276 g/mol. The maximum absolute atomic E-state index is 12.2. The van der Waals surface area contributed by atoms with Crippen LogP contribution in [0.1, 0.15) is 42.1 Å². The lowest BCUT2D eigenvalue weighted by Crippen LogP contribution is -2.32. The van der Waals surface area contributed by atoms with Crippen molar-refractivity contribution in [1.29, 1.82) is 0 Å². The van der Waals surface area contributed by atoms with Crippen LogP contribution in [0.2, 0.25) is 0 Å². The highest BCUT2D eigenvalue weighted by molar-refractivity contribution is 5.93. The van der Waals surface area contributed by atoms with Crippen molar-refractivity contribution < 1.29 is 4.79 Å². The van der Waals surface area contributed by atoms with E-state index in [0.29, 0.717) is 23.9 Å². The molecule has 5 heteroatoms. The second-order valence-corrected chi connectivity index (χ2v) is 5.31. The first-order valence-corrected chi connectivity index (χ1v) is 7.53. The first-order valence-electron chi connectivity index (χ1n) is 7.53. The average molecular weight is 298 g/mol. The highest BCUT2D eigenvalue weighted by atomic mass is 16.1. The van der Waals surface area contributed by atoms with Crippen molar-refractivity contribution in [2.24, 2.45) is 0 Å². The third-order valence-electron chi connectivity index (χ3n) is 3.38. The van der Waals surface area contributed by atoms with Gasteiger partial charge in [-0.15, -0.1) is 0 Å². The van der Waals surface area contributed by atoms with E-state index in [2.05, 4.69) is 20.6 Å². The molecule has 1 aromatic heterocycles. The lowest BCUT2D eigenvalue weighted by molar-refractivity contribution is 0.0934. The summed E-state index contributed by atoms with van der Waals surface area (Å²) >= 11 is 0. The zero-order chi connectivity index (χ0) is 15.9. The fourth-order valence-electron chi connectivity index (χ4n) is 1.96. The van der Waals surface area contributed by atoms with Gasteiger partial charge in [0, 0.05) is 18.7 Å². The molecular formula is C17H22N4O. The number of amides is 1. The molecule has 1 unspecified atom stereocenters. The Morgan fingerprint density at radius 1 is 1.23 bits per heavy atom. The molecule has 0 aliphatic heterocycles. The summed E-state index contributed by atoms with van der Waals surface area (Å²) in [6, 6.07) is 11.9. The van der Waals surface area contributed by atoms with E-state index < -0.39 is 0 Å². The molecule has 1 heterocycles. The molecule has 0 saturated heterocycles. The number of carbonyl (C=O) groups is 1. The van der Waals surface area contributed by atoms with Crippen molar-refractivity contribution in [1.82, 2.24) is 15.3 Å². The number of hydrogen-bond acceptors (Lipinski definition) is 4. The van der Waals surface area contributed by atoms with E-state index in [4.69, 9.17) is 0 Å². The van der Waals surface area contributed by atoms with Gasteiger partial charge in [-0.05, 0) is 25.8 Å². The lowest BCUT2D eigenvalue weighted by atomic mass is 10.2. The summed E-state index contributed by atoms with van der Waals surface area (Å²) in [4.78, 5) is 20.7. The minimum atomic E-state index is -0.164. The van der Waals surface area contributed by atoms with Gasteiger partial charge in [0.1, 0.15) is 17.3 Å². The number of nitrogens with one attached hydrogen (secondary N) is 2.